The summed E-state index contributed by atoms with van der Waals surface area (Å²) >= 11 is 6.00. The van der Waals surface area contributed by atoms with Crippen LogP contribution in [0.1, 0.15) is 29.6 Å². The molecule has 1 aromatic heterocycles. The summed E-state index contributed by atoms with van der Waals surface area (Å²) in [6, 6.07) is 5.46. The molecule has 0 aliphatic heterocycles. The van der Waals surface area contributed by atoms with E-state index >= 15 is 0 Å². The van der Waals surface area contributed by atoms with Gasteiger partial charge < -0.3 is 9.67 Å². The Morgan fingerprint density at radius 3 is 2.67 bits per heavy atom. The number of carboxylic acids is 1. The lowest BCUT2D eigenvalue weighted by Crippen LogP contribution is -2.14. The highest BCUT2D eigenvalue weighted by molar-refractivity contribution is 6.31. The minimum absolute atomic E-state index is 0.0478. The van der Waals surface area contributed by atoms with Crippen LogP contribution in [-0.4, -0.2) is 21.4 Å². The third-order valence-electron chi connectivity index (χ3n) is 4.37. The van der Waals surface area contributed by atoms with Crippen molar-refractivity contribution < 1.29 is 14.7 Å². The van der Waals surface area contributed by atoms with Crippen molar-refractivity contribution in [1.82, 2.24) is 4.57 Å². The minimum Gasteiger partial charge on any atom is -0.481 e. The average molecular weight is 306 g/mol. The van der Waals surface area contributed by atoms with Gasteiger partial charge in [-0.05, 0) is 31.4 Å². The maximum atomic E-state index is 12.7. The van der Waals surface area contributed by atoms with E-state index < -0.39 is 5.97 Å². The van der Waals surface area contributed by atoms with Gasteiger partial charge in [-0.1, -0.05) is 17.7 Å². The summed E-state index contributed by atoms with van der Waals surface area (Å²) in [4.78, 5) is 23.7. The van der Waals surface area contributed by atoms with Crippen molar-refractivity contribution in [2.75, 3.05) is 0 Å². The van der Waals surface area contributed by atoms with E-state index in [9.17, 15) is 9.59 Å². The summed E-state index contributed by atoms with van der Waals surface area (Å²) in [6.45, 7) is 0. The van der Waals surface area contributed by atoms with E-state index in [4.69, 9.17) is 16.7 Å². The highest BCUT2D eigenvalue weighted by Gasteiger charge is 2.35. The Hall–Kier alpha value is -1.81. The van der Waals surface area contributed by atoms with Gasteiger partial charge in [0.2, 0.25) is 0 Å². The van der Waals surface area contributed by atoms with Gasteiger partial charge in [0, 0.05) is 40.7 Å². The molecular formula is C16H16ClNO3. The van der Waals surface area contributed by atoms with Crippen molar-refractivity contribution in [3.63, 3.8) is 0 Å². The fourth-order valence-electron chi connectivity index (χ4n) is 3.22. The highest BCUT2D eigenvalue weighted by atomic mass is 35.5. The van der Waals surface area contributed by atoms with Crippen molar-refractivity contribution in [3.05, 3.63) is 35.0 Å². The molecular weight excluding hydrogens is 290 g/mol. The summed E-state index contributed by atoms with van der Waals surface area (Å²) in [7, 11) is 1.88. The number of ketones is 1. The first-order chi connectivity index (χ1) is 9.97. The number of carboxylic acid groups (broad SMARTS) is 1. The average Bonchev–Trinajstić information content (AvgIpc) is 3.04. The lowest BCUT2D eigenvalue weighted by molar-refractivity contribution is -0.141. The van der Waals surface area contributed by atoms with Crippen LogP contribution in [0.3, 0.4) is 0 Å². The highest BCUT2D eigenvalue weighted by Crippen LogP contribution is 2.35. The molecule has 0 saturated heterocycles. The van der Waals surface area contributed by atoms with Gasteiger partial charge in [-0.25, -0.2) is 0 Å². The van der Waals surface area contributed by atoms with Gasteiger partial charge in [0.1, 0.15) is 0 Å². The van der Waals surface area contributed by atoms with E-state index in [0.717, 1.165) is 10.9 Å². The van der Waals surface area contributed by atoms with Crippen LogP contribution in [0, 0.1) is 11.8 Å². The largest absolute Gasteiger partial charge is 0.481 e. The SMILES string of the molecule is Cn1cc(C(=O)C2CCC(C(=O)O)C2)c2ccc(Cl)cc21. The number of aryl methyl sites for hydroxylation is 1. The van der Waals surface area contributed by atoms with E-state index in [1.807, 2.05) is 29.9 Å². The molecule has 2 aromatic rings. The number of hydrogen-bond acceptors (Lipinski definition) is 2. The molecule has 1 aliphatic rings. The predicted molar refractivity (Wildman–Crippen MR) is 80.7 cm³/mol. The quantitative estimate of drug-likeness (QED) is 0.883. The van der Waals surface area contributed by atoms with Gasteiger partial charge in [0.15, 0.2) is 5.78 Å². The number of Topliss-reactive ketones (excluding diaryl/α,β-unsaturated/α-hetero) is 1. The second-order valence-corrected chi connectivity index (χ2v) is 6.16. The van der Waals surface area contributed by atoms with Crippen LogP contribution < -0.4 is 0 Å². The standard InChI is InChI=1S/C16H16ClNO3/c1-18-8-13(12-5-4-11(17)7-14(12)18)15(19)9-2-3-10(6-9)16(20)21/h4-5,7-10H,2-3,6H2,1H3,(H,20,21). The smallest absolute Gasteiger partial charge is 0.306 e. The summed E-state index contributed by atoms with van der Waals surface area (Å²) in [5.74, 6) is -1.32. The molecule has 2 unspecified atom stereocenters. The summed E-state index contributed by atoms with van der Waals surface area (Å²) < 4.78 is 1.89. The Morgan fingerprint density at radius 1 is 1.29 bits per heavy atom. The van der Waals surface area contributed by atoms with Crippen LogP contribution in [0.25, 0.3) is 10.9 Å². The van der Waals surface area contributed by atoms with Crippen LogP contribution in [0.5, 0.6) is 0 Å². The molecule has 1 heterocycles. The molecule has 1 saturated carbocycles. The number of carbonyl (C=O) groups excluding carboxylic acids is 1. The van der Waals surface area contributed by atoms with Gasteiger partial charge >= 0.3 is 5.97 Å². The van der Waals surface area contributed by atoms with Crippen molar-refractivity contribution in [1.29, 1.82) is 0 Å². The summed E-state index contributed by atoms with van der Waals surface area (Å²) in [5.41, 5.74) is 1.58. The molecule has 2 atom stereocenters. The first-order valence-corrected chi connectivity index (χ1v) is 7.36. The molecule has 5 heteroatoms. The maximum Gasteiger partial charge on any atom is 0.306 e. The zero-order valence-corrected chi connectivity index (χ0v) is 12.4. The number of benzene rings is 1. The van der Waals surface area contributed by atoms with Gasteiger partial charge in [-0.15, -0.1) is 0 Å². The zero-order valence-electron chi connectivity index (χ0n) is 11.7. The number of aromatic nitrogens is 1. The lowest BCUT2D eigenvalue weighted by Gasteiger charge is -2.07. The van der Waals surface area contributed by atoms with Gasteiger partial charge in [0.05, 0.1) is 5.92 Å². The Balaban J connectivity index is 1.94. The van der Waals surface area contributed by atoms with Crippen molar-refractivity contribution >= 4 is 34.3 Å². The number of halogens is 1. The molecule has 3 rings (SSSR count). The molecule has 1 N–H and O–H groups in total. The van der Waals surface area contributed by atoms with Gasteiger partial charge in [-0.3, -0.25) is 9.59 Å². The number of aliphatic carboxylic acids is 1. The summed E-state index contributed by atoms with van der Waals surface area (Å²) in [6.07, 6.45) is 3.50. The Labute approximate surface area is 127 Å². The van der Waals surface area contributed by atoms with Crippen molar-refractivity contribution in [2.24, 2.45) is 18.9 Å². The topological polar surface area (TPSA) is 59.3 Å². The Bertz CT molecular complexity index is 734. The molecule has 110 valence electrons. The third kappa shape index (κ3) is 2.44. The molecule has 0 bridgehead atoms. The minimum atomic E-state index is -0.796. The second-order valence-electron chi connectivity index (χ2n) is 5.72. The van der Waals surface area contributed by atoms with Crippen LogP contribution in [0.2, 0.25) is 5.02 Å². The fourth-order valence-corrected chi connectivity index (χ4v) is 3.38. The fraction of sp³-hybridized carbons (Fsp3) is 0.375. The molecule has 0 amide bonds. The van der Waals surface area contributed by atoms with Gasteiger partial charge in [-0.2, -0.15) is 0 Å². The van der Waals surface area contributed by atoms with E-state index in [2.05, 4.69) is 0 Å². The Morgan fingerprint density at radius 2 is 2.00 bits per heavy atom. The molecule has 0 spiro atoms. The number of nitrogens with zero attached hydrogens (tertiary/aromatic N) is 1. The second kappa shape index (κ2) is 5.19. The molecule has 1 aromatic carbocycles. The van der Waals surface area contributed by atoms with E-state index in [1.165, 1.54) is 0 Å². The normalized spacial score (nSPS) is 21.8. The van der Waals surface area contributed by atoms with Crippen LogP contribution in [-0.2, 0) is 11.8 Å². The molecule has 21 heavy (non-hydrogen) atoms. The van der Waals surface area contributed by atoms with E-state index in [1.54, 1.807) is 6.07 Å². The number of hydrogen-bond donors (Lipinski definition) is 1. The monoisotopic (exact) mass is 305 g/mol. The summed E-state index contributed by atoms with van der Waals surface area (Å²) in [5, 5.41) is 10.6. The lowest BCUT2D eigenvalue weighted by atomic mass is 9.95. The van der Waals surface area contributed by atoms with E-state index in [0.29, 0.717) is 29.8 Å². The molecule has 1 aliphatic carbocycles. The first kappa shape index (κ1) is 14.1. The predicted octanol–water partition coefficient (Wildman–Crippen LogP) is 3.52. The van der Waals surface area contributed by atoms with Crippen molar-refractivity contribution in [2.45, 2.75) is 19.3 Å². The molecule has 4 nitrogen and oxygen atoms in total. The van der Waals surface area contributed by atoms with Crippen molar-refractivity contribution in [3.8, 4) is 0 Å². The Kier molecular flexibility index (Phi) is 3.49. The number of rotatable bonds is 3. The zero-order chi connectivity index (χ0) is 15.1. The van der Waals surface area contributed by atoms with Crippen LogP contribution in [0.15, 0.2) is 24.4 Å². The third-order valence-corrected chi connectivity index (χ3v) is 4.61. The van der Waals surface area contributed by atoms with Crippen LogP contribution >= 0.6 is 11.6 Å². The first-order valence-electron chi connectivity index (χ1n) is 6.99. The number of fused-ring (bicyclic) bond motifs is 1. The maximum absolute atomic E-state index is 12.7. The molecule has 1 fully saturated rings. The molecule has 0 radical (unpaired) electrons. The number of carbonyl (C=O) groups is 2. The van der Waals surface area contributed by atoms with Gasteiger partial charge in [0.25, 0.3) is 0 Å². The van der Waals surface area contributed by atoms with E-state index in [-0.39, 0.29) is 17.6 Å². The van der Waals surface area contributed by atoms with Crippen LogP contribution in [0.4, 0.5) is 0 Å².